The lowest BCUT2D eigenvalue weighted by Crippen LogP contribution is -2.05. The van der Waals surface area contributed by atoms with Crippen LogP contribution in [0.15, 0.2) is 0 Å². The molecule has 0 fully saturated rings. The quantitative estimate of drug-likeness (QED) is 0.135. The summed E-state index contributed by atoms with van der Waals surface area (Å²) in [4.78, 5) is 11.7. The standard InChI is InChI=1S/C26H52O2/c1-4-5-6-7-8-15-18-21-24-28-26(27)23-20-17-14-12-10-9-11-13-16-19-22-25(2)3/h25H,4-24H2,1-3H3. The summed E-state index contributed by atoms with van der Waals surface area (Å²) in [5.41, 5.74) is 0. The van der Waals surface area contributed by atoms with Gasteiger partial charge in [-0.2, -0.15) is 0 Å². The second-order valence-corrected chi connectivity index (χ2v) is 9.16. The fourth-order valence-electron chi connectivity index (χ4n) is 3.73. The Bertz CT molecular complexity index is 312. The Morgan fingerprint density at radius 3 is 1.54 bits per heavy atom. The van der Waals surface area contributed by atoms with E-state index in [0.29, 0.717) is 13.0 Å². The Labute approximate surface area is 177 Å². The maximum absolute atomic E-state index is 11.7. The number of carbonyl (C=O) groups excluding carboxylic acids is 1. The third-order valence-corrected chi connectivity index (χ3v) is 5.67. The molecule has 0 bridgehead atoms. The minimum atomic E-state index is 0.0179. The molecule has 0 aliphatic heterocycles. The van der Waals surface area contributed by atoms with Gasteiger partial charge in [-0.15, -0.1) is 0 Å². The Kier molecular flexibility index (Phi) is 22.3. The van der Waals surface area contributed by atoms with E-state index in [4.69, 9.17) is 4.74 Å². The predicted molar refractivity (Wildman–Crippen MR) is 124 cm³/mol. The van der Waals surface area contributed by atoms with Gasteiger partial charge in [0.1, 0.15) is 0 Å². The summed E-state index contributed by atoms with van der Waals surface area (Å²) in [6, 6.07) is 0. The number of hydrogen-bond donors (Lipinski definition) is 0. The highest BCUT2D eigenvalue weighted by Gasteiger charge is 2.02. The molecule has 0 saturated carbocycles. The smallest absolute Gasteiger partial charge is 0.305 e. The maximum Gasteiger partial charge on any atom is 0.305 e. The van der Waals surface area contributed by atoms with Crippen molar-refractivity contribution in [3.8, 4) is 0 Å². The molecular formula is C26H52O2. The molecule has 0 rings (SSSR count). The Morgan fingerprint density at radius 2 is 1.04 bits per heavy atom. The fourth-order valence-corrected chi connectivity index (χ4v) is 3.73. The van der Waals surface area contributed by atoms with E-state index in [0.717, 1.165) is 18.8 Å². The highest BCUT2D eigenvalue weighted by molar-refractivity contribution is 5.69. The molecule has 0 aliphatic carbocycles. The molecule has 2 heteroatoms. The second-order valence-electron chi connectivity index (χ2n) is 9.16. The van der Waals surface area contributed by atoms with Crippen LogP contribution in [0.5, 0.6) is 0 Å². The summed E-state index contributed by atoms with van der Waals surface area (Å²) in [7, 11) is 0. The fraction of sp³-hybridized carbons (Fsp3) is 0.962. The van der Waals surface area contributed by atoms with Gasteiger partial charge in [0.05, 0.1) is 6.61 Å². The average Bonchev–Trinajstić information content (AvgIpc) is 2.67. The van der Waals surface area contributed by atoms with Crippen molar-refractivity contribution in [1.29, 1.82) is 0 Å². The van der Waals surface area contributed by atoms with Crippen LogP contribution >= 0.6 is 0 Å². The maximum atomic E-state index is 11.7. The van der Waals surface area contributed by atoms with Crippen molar-refractivity contribution in [2.75, 3.05) is 6.61 Å². The first-order valence-electron chi connectivity index (χ1n) is 12.8. The number of esters is 1. The summed E-state index contributed by atoms with van der Waals surface area (Å²) < 4.78 is 5.35. The van der Waals surface area contributed by atoms with E-state index in [1.165, 1.54) is 109 Å². The number of rotatable bonds is 22. The zero-order valence-electron chi connectivity index (χ0n) is 19.7. The van der Waals surface area contributed by atoms with Crippen molar-refractivity contribution in [2.45, 2.75) is 149 Å². The lowest BCUT2D eigenvalue weighted by atomic mass is 10.0. The third-order valence-electron chi connectivity index (χ3n) is 5.67. The highest BCUT2D eigenvalue weighted by atomic mass is 16.5. The zero-order chi connectivity index (χ0) is 20.7. The van der Waals surface area contributed by atoms with Gasteiger partial charge in [-0.05, 0) is 18.8 Å². The van der Waals surface area contributed by atoms with Gasteiger partial charge in [0.2, 0.25) is 0 Å². The molecular weight excluding hydrogens is 344 g/mol. The first kappa shape index (κ1) is 27.5. The molecule has 0 aliphatic rings. The van der Waals surface area contributed by atoms with Gasteiger partial charge >= 0.3 is 5.97 Å². The molecule has 0 radical (unpaired) electrons. The van der Waals surface area contributed by atoms with Crippen LogP contribution in [0, 0.1) is 5.92 Å². The summed E-state index contributed by atoms with van der Waals surface area (Å²) in [6.07, 6.45) is 25.5. The first-order chi connectivity index (χ1) is 13.7. The van der Waals surface area contributed by atoms with E-state index in [-0.39, 0.29) is 5.97 Å². The minimum Gasteiger partial charge on any atom is -0.466 e. The lowest BCUT2D eigenvalue weighted by Gasteiger charge is -2.06. The van der Waals surface area contributed by atoms with Gasteiger partial charge in [-0.1, -0.05) is 130 Å². The van der Waals surface area contributed by atoms with Crippen LogP contribution in [0.3, 0.4) is 0 Å². The number of ether oxygens (including phenoxy) is 1. The van der Waals surface area contributed by atoms with Gasteiger partial charge < -0.3 is 4.74 Å². The molecule has 0 spiro atoms. The monoisotopic (exact) mass is 396 g/mol. The molecule has 0 aromatic carbocycles. The Morgan fingerprint density at radius 1 is 0.607 bits per heavy atom. The Hall–Kier alpha value is -0.530. The number of carbonyl (C=O) groups is 1. The van der Waals surface area contributed by atoms with Crippen LogP contribution < -0.4 is 0 Å². The van der Waals surface area contributed by atoms with E-state index in [9.17, 15) is 4.79 Å². The largest absolute Gasteiger partial charge is 0.466 e. The van der Waals surface area contributed by atoms with Crippen molar-refractivity contribution in [2.24, 2.45) is 5.92 Å². The zero-order valence-corrected chi connectivity index (χ0v) is 19.7. The molecule has 2 nitrogen and oxygen atoms in total. The normalized spacial score (nSPS) is 11.3. The van der Waals surface area contributed by atoms with Crippen LogP contribution in [0.25, 0.3) is 0 Å². The van der Waals surface area contributed by atoms with Crippen molar-refractivity contribution in [3.05, 3.63) is 0 Å². The van der Waals surface area contributed by atoms with E-state index in [1.54, 1.807) is 0 Å². The van der Waals surface area contributed by atoms with Crippen molar-refractivity contribution in [3.63, 3.8) is 0 Å². The third kappa shape index (κ3) is 23.5. The number of hydrogen-bond acceptors (Lipinski definition) is 2. The summed E-state index contributed by atoms with van der Waals surface area (Å²) in [5, 5.41) is 0. The molecule has 0 unspecified atom stereocenters. The van der Waals surface area contributed by atoms with Crippen LogP contribution in [-0.2, 0) is 9.53 Å². The van der Waals surface area contributed by atoms with Crippen molar-refractivity contribution >= 4 is 5.97 Å². The van der Waals surface area contributed by atoms with E-state index >= 15 is 0 Å². The molecule has 0 aromatic rings. The van der Waals surface area contributed by atoms with E-state index < -0.39 is 0 Å². The molecule has 168 valence electrons. The highest BCUT2D eigenvalue weighted by Crippen LogP contribution is 2.14. The summed E-state index contributed by atoms with van der Waals surface area (Å²) in [6.45, 7) is 7.52. The first-order valence-corrected chi connectivity index (χ1v) is 12.8. The van der Waals surface area contributed by atoms with Gasteiger partial charge in [-0.25, -0.2) is 0 Å². The topological polar surface area (TPSA) is 26.3 Å². The van der Waals surface area contributed by atoms with Gasteiger partial charge in [0, 0.05) is 6.42 Å². The van der Waals surface area contributed by atoms with Crippen LogP contribution in [0.1, 0.15) is 149 Å². The molecule has 0 N–H and O–H groups in total. The predicted octanol–water partition coefficient (Wildman–Crippen LogP) is 9.01. The molecule has 0 atom stereocenters. The molecule has 0 heterocycles. The Balaban J connectivity index is 3.15. The molecule has 0 amide bonds. The molecule has 0 saturated heterocycles. The van der Waals surface area contributed by atoms with Crippen molar-refractivity contribution < 1.29 is 9.53 Å². The average molecular weight is 397 g/mol. The van der Waals surface area contributed by atoms with E-state index in [1.807, 2.05) is 0 Å². The van der Waals surface area contributed by atoms with Gasteiger partial charge in [0.25, 0.3) is 0 Å². The SMILES string of the molecule is CCCCCCCCCCOC(=O)CCCCCCCCCCCCC(C)C. The van der Waals surface area contributed by atoms with Crippen molar-refractivity contribution in [1.82, 2.24) is 0 Å². The lowest BCUT2D eigenvalue weighted by molar-refractivity contribution is -0.143. The van der Waals surface area contributed by atoms with Crippen LogP contribution in [-0.4, -0.2) is 12.6 Å². The number of unbranched alkanes of at least 4 members (excludes halogenated alkanes) is 16. The van der Waals surface area contributed by atoms with E-state index in [2.05, 4.69) is 20.8 Å². The molecule has 0 aromatic heterocycles. The minimum absolute atomic E-state index is 0.0179. The van der Waals surface area contributed by atoms with Gasteiger partial charge in [0.15, 0.2) is 0 Å². The van der Waals surface area contributed by atoms with Crippen LogP contribution in [0.2, 0.25) is 0 Å². The van der Waals surface area contributed by atoms with Gasteiger partial charge in [-0.3, -0.25) is 4.79 Å². The second kappa shape index (κ2) is 22.8. The summed E-state index contributed by atoms with van der Waals surface area (Å²) in [5.74, 6) is 0.881. The van der Waals surface area contributed by atoms with Crippen LogP contribution in [0.4, 0.5) is 0 Å². The molecule has 28 heavy (non-hydrogen) atoms. The summed E-state index contributed by atoms with van der Waals surface area (Å²) >= 11 is 0.